The molecule has 0 bridgehead atoms. The van der Waals surface area contributed by atoms with Crippen LogP contribution in [0.3, 0.4) is 0 Å². The van der Waals surface area contributed by atoms with E-state index in [0.29, 0.717) is 0 Å². The molecule has 0 saturated carbocycles. The summed E-state index contributed by atoms with van der Waals surface area (Å²) in [6.07, 6.45) is 8.19. The summed E-state index contributed by atoms with van der Waals surface area (Å²) in [5.41, 5.74) is 11.5. The van der Waals surface area contributed by atoms with Gasteiger partial charge in [0.1, 0.15) is 0 Å². The van der Waals surface area contributed by atoms with Crippen LogP contribution in [0.4, 0.5) is 0 Å². The first kappa shape index (κ1) is 29.4. The van der Waals surface area contributed by atoms with E-state index in [0.717, 1.165) is 19.3 Å². The van der Waals surface area contributed by atoms with E-state index in [4.69, 9.17) is 0 Å². The molecule has 3 heteroatoms. The molecule has 2 aliphatic rings. The number of hydrogen-bond donors (Lipinski definition) is 0. The van der Waals surface area contributed by atoms with Crippen LogP contribution >= 0.6 is 0 Å². The van der Waals surface area contributed by atoms with Gasteiger partial charge < -0.3 is 24.8 Å². The summed E-state index contributed by atoms with van der Waals surface area (Å²) in [5, 5.41) is 0. The van der Waals surface area contributed by atoms with Crippen LogP contribution in [-0.2, 0) is 34.1 Å². The Labute approximate surface area is 263 Å². The van der Waals surface area contributed by atoms with Crippen molar-refractivity contribution in [3.8, 4) is 11.1 Å². The van der Waals surface area contributed by atoms with Crippen molar-refractivity contribution in [2.75, 3.05) is 0 Å². The van der Waals surface area contributed by atoms with Gasteiger partial charge in [-0.05, 0) is 0 Å². The molecule has 41 heavy (non-hydrogen) atoms. The van der Waals surface area contributed by atoms with E-state index in [1.807, 2.05) is 0 Å². The second kappa shape index (κ2) is 13.3. The zero-order valence-electron chi connectivity index (χ0n) is 22.7. The van der Waals surface area contributed by atoms with Crippen molar-refractivity contribution in [1.29, 1.82) is 0 Å². The summed E-state index contributed by atoms with van der Waals surface area (Å²) in [6, 6.07) is 49.4. The number of hydrogen-bond acceptors (Lipinski definition) is 0. The molecular formula is C38H30Cl2Zr. The van der Waals surface area contributed by atoms with E-state index in [1.165, 1.54) is 39.0 Å². The maximum absolute atomic E-state index is 2.63. The van der Waals surface area contributed by atoms with Gasteiger partial charge in [-0.15, -0.1) is 0 Å². The standard InChI is InChI=1S/C13H9.C13H10.C12H11.2ClH.Zr/c1-3-7-12-10(5-1)9-11-6-2-4-8-13(11)12;1-3-7-12(8-4-1)11-13-9-5-2-6-10-13;1-2-6-11(7-3-1)10-12-8-4-5-9-12;;;/h1-5,7-8H,9H2;1-10H;1-3,6-9H,4,10H2;2*1H;/q;;;;;+2/p-2. The van der Waals surface area contributed by atoms with Crippen molar-refractivity contribution in [3.63, 3.8) is 0 Å². The predicted molar refractivity (Wildman–Crippen MR) is 161 cm³/mol. The van der Waals surface area contributed by atoms with Crippen LogP contribution in [-0.4, -0.2) is 3.21 Å². The van der Waals surface area contributed by atoms with Crippen LogP contribution in [0.2, 0.25) is 0 Å². The van der Waals surface area contributed by atoms with E-state index >= 15 is 0 Å². The molecule has 0 aliphatic heterocycles. The Morgan fingerprint density at radius 1 is 0.585 bits per heavy atom. The van der Waals surface area contributed by atoms with Crippen LogP contribution in [0.1, 0.15) is 34.2 Å². The molecule has 0 spiro atoms. The van der Waals surface area contributed by atoms with Crippen LogP contribution in [0.25, 0.3) is 11.1 Å². The molecule has 0 unspecified atom stereocenters. The molecular weight excluding hydrogens is 619 g/mol. The topological polar surface area (TPSA) is 0 Å². The molecule has 0 amide bonds. The zero-order valence-corrected chi connectivity index (χ0v) is 26.7. The van der Waals surface area contributed by atoms with Gasteiger partial charge >= 0.3 is 240 Å². The van der Waals surface area contributed by atoms with Gasteiger partial charge in [-0.2, -0.15) is 0 Å². The average Bonchev–Trinajstić information content (AvgIpc) is 3.62. The third kappa shape index (κ3) is 5.96. The summed E-state index contributed by atoms with van der Waals surface area (Å²) >= 11 is -2.63. The first-order chi connectivity index (χ1) is 19.3. The van der Waals surface area contributed by atoms with Crippen LogP contribution in [0.5, 0.6) is 0 Å². The Morgan fingerprint density at radius 2 is 1.17 bits per heavy atom. The summed E-state index contributed by atoms with van der Waals surface area (Å²) in [5.74, 6) is 0. The number of benzene rings is 5. The van der Waals surface area contributed by atoms with E-state index in [1.54, 1.807) is 15.3 Å². The molecule has 5 aromatic rings. The number of allylic oxidation sites excluding steroid dienone is 4. The number of fused-ring (bicyclic) bond motifs is 3. The van der Waals surface area contributed by atoms with Gasteiger partial charge in [-0.3, -0.25) is 0 Å². The fraction of sp³-hybridized carbons (Fsp3) is 0.0789. The van der Waals surface area contributed by atoms with Crippen molar-refractivity contribution in [1.82, 2.24) is 0 Å². The SMILES string of the molecule is C1=C(Cc2ccccc2)C=[C]([Zr+2](=[C](c2ccccc2)c2ccccc2)[c]2cccc3c2Cc2ccccc2-3)C1.[Cl-].[Cl-]. The molecule has 0 fully saturated rings. The van der Waals surface area contributed by atoms with E-state index < -0.39 is 21.3 Å². The zero-order chi connectivity index (χ0) is 26.0. The van der Waals surface area contributed by atoms with Crippen molar-refractivity contribution >= 4 is 6.48 Å². The second-order valence-corrected chi connectivity index (χ2v) is 16.4. The maximum Gasteiger partial charge on any atom is -1.00 e. The van der Waals surface area contributed by atoms with Crippen molar-refractivity contribution in [3.05, 3.63) is 182 Å². The van der Waals surface area contributed by atoms with Crippen molar-refractivity contribution in [2.45, 2.75) is 19.3 Å². The summed E-state index contributed by atoms with van der Waals surface area (Å²) in [7, 11) is 0. The van der Waals surface area contributed by atoms with Gasteiger partial charge in [0.25, 0.3) is 0 Å². The third-order valence-corrected chi connectivity index (χ3v) is 15.6. The smallest absolute Gasteiger partial charge is 1.00 e. The van der Waals surface area contributed by atoms with Gasteiger partial charge in [0, 0.05) is 0 Å². The molecule has 200 valence electrons. The minimum Gasteiger partial charge on any atom is -1.00 e. The second-order valence-electron chi connectivity index (χ2n) is 10.5. The molecule has 5 aromatic carbocycles. The van der Waals surface area contributed by atoms with Gasteiger partial charge in [0.15, 0.2) is 0 Å². The summed E-state index contributed by atoms with van der Waals surface area (Å²) in [4.78, 5) is 0. The molecule has 0 atom stereocenters. The van der Waals surface area contributed by atoms with Gasteiger partial charge in [-0.1, -0.05) is 0 Å². The minimum absolute atomic E-state index is 0. The van der Waals surface area contributed by atoms with E-state index in [9.17, 15) is 0 Å². The van der Waals surface area contributed by atoms with Crippen LogP contribution in [0.15, 0.2) is 154 Å². The molecule has 0 nitrogen and oxygen atoms in total. The Hall–Kier alpha value is -3.09. The molecule has 2 aliphatic carbocycles. The van der Waals surface area contributed by atoms with Crippen LogP contribution in [0, 0.1) is 0 Å². The first-order valence-electron chi connectivity index (χ1n) is 13.8. The Kier molecular flexibility index (Phi) is 9.51. The molecule has 7 rings (SSSR count). The average molecular weight is 649 g/mol. The molecule has 0 aromatic heterocycles. The van der Waals surface area contributed by atoms with Crippen LogP contribution < -0.4 is 28.1 Å². The third-order valence-electron chi connectivity index (χ3n) is 8.01. The van der Waals surface area contributed by atoms with Crippen molar-refractivity contribution in [2.24, 2.45) is 0 Å². The number of halogens is 2. The van der Waals surface area contributed by atoms with Gasteiger partial charge in [0.2, 0.25) is 0 Å². The van der Waals surface area contributed by atoms with E-state index in [2.05, 4.69) is 146 Å². The normalized spacial score (nSPS) is 12.5. The van der Waals surface area contributed by atoms with E-state index in [-0.39, 0.29) is 24.8 Å². The quantitative estimate of drug-likeness (QED) is 0.260. The minimum atomic E-state index is -2.63. The van der Waals surface area contributed by atoms with Gasteiger partial charge in [-0.25, -0.2) is 0 Å². The van der Waals surface area contributed by atoms with Gasteiger partial charge in [0.05, 0.1) is 0 Å². The molecule has 0 radical (unpaired) electrons. The Morgan fingerprint density at radius 3 is 1.85 bits per heavy atom. The molecule has 0 heterocycles. The summed E-state index contributed by atoms with van der Waals surface area (Å²) < 4.78 is 4.90. The maximum atomic E-state index is 2.58. The fourth-order valence-corrected chi connectivity index (χ4v) is 14.3. The Balaban J connectivity index is 0.00000169. The summed E-state index contributed by atoms with van der Waals surface area (Å²) in [6.45, 7) is 0. The number of rotatable bonds is 6. The van der Waals surface area contributed by atoms with Crippen molar-refractivity contribution < 1.29 is 46.1 Å². The largest absolute Gasteiger partial charge is 1.00 e. The molecule has 0 N–H and O–H groups in total. The monoisotopic (exact) mass is 646 g/mol. The fourth-order valence-electron chi connectivity index (χ4n) is 6.24. The first-order valence-corrected chi connectivity index (χ1v) is 17.5. The predicted octanol–water partition coefficient (Wildman–Crippen LogP) is 2.24. The Bertz CT molecular complexity index is 1710. The molecule has 0 saturated heterocycles.